The van der Waals surface area contributed by atoms with Crippen molar-refractivity contribution in [2.24, 2.45) is 0 Å². The van der Waals surface area contributed by atoms with Crippen LogP contribution in [0.5, 0.6) is 0 Å². The predicted octanol–water partition coefficient (Wildman–Crippen LogP) is 9.11. The topological polar surface area (TPSA) is 54.8 Å². The van der Waals surface area contributed by atoms with Crippen LogP contribution in [0.3, 0.4) is 0 Å². The van der Waals surface area contributed by atoms with Crippen molar-refractivity contribution in [3.63, 3.8) is 0 Å². The maximum Gasteiger partial charge on any atom is 0.143 e. The molecule has 2 aliphatic heterocycles. The van der Waals surface area contributed by atoms with E-state index in [9.17, 15) is 0 Å². The molecule has 4 aromatic heterocycles. The molecule has 0 radical (unpaired) electrons. The second kappa shape index (κ2) is 9.87. The first-order chi connectivity index (χ1) is 19.6. The molecule has 1 aromatic carbocycles. The zero-order valence-electron chi connectivity index (χ0n) is 24.7. The minimum Gasteiger partial charge on any atom is -0.278 e. The average Bonchev–Trinajstić information content (AvgIpc) is 2.96. The molecule has 5 heteroatoms. The Morgan fingerprint density at radius 2 is 1.00 bits per heavy atom. The van der Waals surface area contributed by atoms with Gasteiger partial charge in [-0.05, 0) is 58.7 Å². The SMILES string of the molecule is C.CC(C)(C)c1ccc(-c2ccc3c(n2)N2c4nc(-c5ccc(C(C)(C)C)nc5)ccc4Cc4cccc(c42)C3)cn1. The summed E-state index contributed by atoms with van der Waals surface area (Å²) in [5.74, 6) is 1.91. The van der Waals surface area contributed by atoms with Crippen LogP contribution in [0.2, 0.25) is 0 Å². The number of pyridine rings is 4. The third-order valence-corrected chi connectivity index (χ3v) is 8.18. The molecule has 7 rings (SSSR count). The van der Waals surface area contributed by atoms with Crippen molar-refractivity contribution in [3.05, 3.63) is 113 Å². The molecule has 0 N–H and O–H groups in total. The maximum atomic E-state index is 5.28. The van der Waals surface area contributed by atoms with Crippen molar-refractivity contribution in [2.75, 3.05) is 4.90 Å². The molecule has 42 heavy (non-hydrogen) atoms. The van der Waals surface area contributed by atoms with Crippen molar-refractivity contribution in [1.29, 1.82) is 0 Å². The summed E-state index contributed by atoms with van der Waals surface area (Å²) in [6.45, 7) is 13.1. The van der Waals surface area contributed by atoms with Crippen LogP contribution in [0.4, 0.5) is 17.3 Å². The normalized spacial score (nSPS) is 13.5. The summed E-state index contributed by atoms with van der Waals surface area (Å²) >= 11 is 0. The van der Waals surface area contributed by atoms with Gasteiger partial charge in [0.2, 0.25) is 0 Å². The molecule has 0 bridgehead atoms. The van der Waals surface area contributed by atoms with Crippen LogP contribution in [0.25, 0.3) is 22.5 Å². The molecular weight excluding hydrogens is 514 g/mol. The summed E-state index contributed by atoms with van der Waals surface area (Å²) in [5, 5.41) is 0. The molecule has 0 amide bonds. The number of benzene rings is 1. The Hall–Kier alpha value is -4.38. The lowest BCUT2D eigenvalue weighted by Gasteiger charge is -2.37. The van der Waals surface area contributed by atoms with Gasteiger partial charge in [0.05, 0.1) is 17.1 Å². The number of anilines is 3. The second-order valence-corrected chi connectivity index (χ2v) is 13.3. The van der Waals surface area contributed by atoms with E-state index in [1.165, 1.54) is 27.9 Å². The van der Waals surface area contributed by atoms with E-state index in [2.05, 4.69) is 113 Å². The van der Waals surface area contributed by atoms with Gasteiger partial charge in [-0.2, -0.15) is 0 Å². The van der Waals surface area contributed by atoms with E-state index in [1.807, 2.05) is 12.4 Å². The zero-order valence-corrected chi connectivity index (χ0v) is 24.7. The highest BCUT2D eigenvalue weighted by Gasteiger charge is 2.34. The first kappa shape index (κ1) is 27.8. The van der Waals surface area contributed by atoms with E-state index in [4.69, 9.17) is 19.9 Å². The molecule has 0 aliphatic carbocycles. The third-order valence-electron chi connectivity index (χ3n) is 8.18. The van der Waals surface area contributed by atoms with Crippen molar-refractivity contribution in [1.82, 2.24) is 19.9 Å². The van der Waals surface area contributed by atoms with Crippen LogP contribution in [0.15, 0.2) is 79.1 Å². The quantitative estimate of drug-likeness (QED) is 0.214. The van der Waals surface area contributed by atoms with Gasteiger partial charge in [0.15, 0.2) is 0 Å². The smallest absolute Gasteiger partial charge is 0.143 e. The second-order valence-electron chi connectivity index (χ2n) is 13.3. The minimum absolute atomic E-state index is 0. The van der Waals surface area contributed by atoms with Gasteiger partial charge in [0.25, 0.3) is 0 Å². The number of nitrogens with zero attached hydrogens (tertiary/aromatic N) is 5. The Morgan fingerprint density at radius 1 is 0.548 bits per heavy atom. The molecule has 0 saturated carbocycles. The van der Waals surface area contributed by atoms with Crippen LogP contribution < -0.4 is 4.90 Å². The molecule has 2 aliphatic rings. The molecular formula is C37H39N5. The lowest BCUT2D eigenvalue weighted by atomic mass is 9.88. The summed E-state index contributed by atoms with van der Waals surface area (Å²) in [6.07, 6.45) is 5.62. The molecule has 0 atom stereocenters. The van der Waals surface area contributed by atoms with E-state index >= 15 is 0 Å². The number of fused-ring (bicyclic) bond motifs is 4. The van der Waals surface area contributed by atoms with E-state index in [0.717, 1.165) is 58.4 Å². The van der Waals surface area contributed by atoms with Crippen LogP contribution in [-0.2, 0) is 23.7 Å². The van der Waals surface area contributed by atoms with Crippen molar-refractivity contribution in [3.8, 4) is 22.5 Å². The standard InChI is InChI=1S/C36H35N5.CH4/c1-35(2,3)30-16-12-26(20-37-30)28-14-10-24-18-22-8-7-9-23-19-25-11-15-29(27-13-17-31(38-21-27)36(4,5)6)40-34(25)41(32(22)23)33(24)39-28;/h7-17,20-21H,18-19H2,1-6H3;1H4. The van der Waals surface area contributed by atoms with Crippen molar-refractivity contribution < 1.29 is 0 Å². The van der Waals surface area contributed by atoms with Gasteiger partial charge in [-0.25, -0.2) is 9.97 Å². The summed E-state index contributed by atoms with van der Waals surface area (Å²) in [5.41, 5.74) is 12.3. The van der Waals surface area contributed by atoms with Crippen LogP contribution >= 0.6 is 0 Å². The van der Waals surface area contributed by atoms with Gasteiger partial charge >= 0.3 is 0 Å². The summed E-state index contributed by atoms with van der Waals surface area (Å²) in [7, 11) is 0. The van der Waals surface area contributed by atoms with E-state index < -0.39 is 0 Å². The fraction of sp³-hybridized carbons (Fsp3) is 0.297. The highest BCUT2D eigenvalue weighted by molar-refractivity contribution is 5.87. The zero-order chi connectivity index (χ0) is 28.5. The first-order valence-electron chi connectivity index (χ1n) is 14.4. The van der Waals surface area contributed by atoms with E-state index in [0.29, 0.717) is 0 Å². The van der Waals surface area contributed by atoms with Gasteiger partial charge in [-0.15, -0.1) is 0 Å². The largest absolute Gasteiger partial charge is 0.278 e. The van der Waals surface area contributed by atoms with Gasteiger partial charge < -0.3 is 0 Å². The van der Waals surface area contributed by atoms with Crippen molar-refractivity contribution >= 4 is 17.3 Å². The summed E-state index contributed by atoms with van der Waals surface area (Å²) in [6, 6.07) is 23.9. The molecule has 0 spiro atoms. The Morgan fingerprint density at radius 3 is 1.38 bits per heavy atom. The fourth-order valence-corrected chi connectivity index (χ4v) is 5.86. The first-order valence-corrected chi connectivity index (χ1v) is 14.4. The molecule has 0 saturated heterocycles. The van der Waals surface area contributed by atoms with Crippen molar-refractivity contribution in [2.45, 2.75) is 72.6 Å². The Bertz CT molecular complexity index is 1660. The highest BCUT2D eigenvalue weighted by Crippen LogP contribution is 2.49. The molecule has 0 fully saturated rings. The summed E-state index contributed by atoms with van der Waals surface area (Å²) in [4.78, 5) is 22.4. The van der Waals surface area contributed by atoms with Gasteiger partial charge in [-0.1, -0.05) is 79.3 Å². The number of hydrogen-bond acceptors (Lipinski definition) is 5. The van der Waals surface area contributed by atoms with E-state index in [1.54, 1.807) is 0 Å². The monoisotopic (exact) mass is 553 g/mol. The molecule has 0 unspecified atom stereocenters. The summed E-state index contributed by atoms with van der Waals surface area (Å²) < 4.78 is 0. The maximum absolute atomic E-state index is 5.28. The Balaban J connectivity index is 0.00000316. The minimum atomic E-state index is 0. The van der Waals surface area contributed by atoms with Crippen LogP contribution in [0.1, 0.15) is 82.6 Å². The molecule has 5 nitrogen and oxygen atoms in total. The lowest BCUT2D eigenvalue weighted by Crippen LogP contribution is -2.26. The average molecular weight is 554 g/mol. The van der Waals surface area contributed by atoms with Gasteiger partial charge in [0.1, 0.15) is 11.6 Å². The van der Waals surface area contributed by atoms with E-state index in [-0.39, 0.29) is 18.3 Å². The third kappa shape index (κ3) is 4.67. The van der Waals surface area contributed by atoms with Gasteiger partial charge in [-0.3, -0.25) is 14.9 Å². The Labute approximate surface area is 249 Å². The number of hydrogen-bond donors (Lipinski definition) is 0. The molecule has 6 heterocycles. The highest BCUT2D eigenvalue weighted by atomic mass is 15.3. The lowest BCUT2D eigenvalue weighted by molar-refractivity contribution is 0.569. The number of rotatable bonds is 2. The molecule has 5 aromatic rings. The Kier molecular flexibility index (Phi) is 6.53. The predicted molar refractivity (Wildman–Crippen MR) is 173 cm³/mol. The number of para-hydroxylation sites is 1. The van der Waals surface area contributed by atoms with Crippen LogP contribution in [-0.4, -0.2) is 19.9 Å². The fourth-order valence-electron chi connectivity index (χ4n) is 5.86. The number of aromatic nitrogens is 4. The molecule has 212 valence electrons. The van der Waals surface area contributed by atoms with Crippen LogP contribution in [0, 0.1) is 0 Å². The van der Waals surface area contributed by atoms with Gasteiger partial charge in [0, 0.05) is 58.6 Å².